The Morgan fingerprint density at radius 1 is 1.26 bits per heavy atom. The molecule has 9 heteroatoms. The van der Waals surface area contributed by atoms with E-state index in [2.05, 4.69) is 0 Å². The highest BCUT2D eigenvalue weighted by atomic mass is 32.2. The summed E-state index contributed by atoms with van der Waals surface area (Å²) < 4.78 is 62.0. The van der Waals surface area contributed by atoms with Crippen LogP contribution in [0.3, 0.4) is 0 Å². The number of hydrogen-bond acceptors (Lipinski definition) is 5. The molecular weight excluding hydrogens is 334 g/mol. The zero-order valence-corrected chi connectivity index (χ0v) is 13.5. The molecule has 0 aromatic heterocycles. The van der Waals surface area contributed by atoms with Gasteiger partial charge in [0.1, 0.15) is 0 Å². The fourth-order valence-electron chi connectivity index (χ4n) is 5.02. The minimum atomic E-state index is -5.68. The van der Waals surface area contributed by atoms with Gasteiger partial charge in [0.2, 0.25) is 0 Å². The minimum Gasteiger partial charge on any atom is -0.454 e. The minimum absolute atomic E-state index is 0.159. The van der Waals surface area contributed by atoms with Crippen molar-refractivity contribution in [2.75, 3.05) is 0 Å². The van der Waals surface area contributed by atoms with Gasteiger partial charge in [0, 0.05) is 0 Å². The van der Waals surface area contributed by atoms with E-state index in [9.17, 15) is 27.1 Å². The maximum atomic E-state index is 13.6. The Bertz CT molecular complexity index is 617. The molecule has 3 unspecified atom stereocenters. The van der Waals surface area contributed by atoms with Crippen LogP contribution in [-0.2, 0) is 19.6 Å². The van der Waals surface area contributed by atoms with Gasteiger partial charge in [-0.1, -0.05) is 0 Å². The molecule has 23 heavy (non-hydrogen) atoms. The van der Waals surface area contributed by atoms with Crippen molar-refractivity contribution >= 4 is 16.1 Å². The summed E-state index contributed by atoms with van der Waals surface area (Å²) in [6.45, 7) is 0.737. The molecule has 6 nitrogen and oxygen atoms in total. The highest BCUT2D eigenvalue weighted by molar-refractivity contribution is 7.86. The van der Waals surface area contributed by atoms with Gasteiger partial charge in [0.15, 0.2) is 6.10 Å². The van der Waals surface area contributed by atoms with Crippen molar-refractivity contribution in [3.8, 4) is 0 Å². The van der Waals surface area contributed by atoms with Crippen LogP contribution in [0.25, 0.3) is 0 Å². The van der Waals surface area contributed by atoms with E-state index in [1.807, 2.05) is 0 Å². The predicted molar refractivity (Wildman–Crippen MR) is 74.1 cm³/mol. The van der Waals surface area contributed by atoms with Crippen LogP contribution >= 0.6 is 0 Å². The summed E-state index contributed by atoms with van der Waals surface area (Å²) in [7, 11) is -5.68. The summed E-state index contributed by atoms with van der Waals surface area (Å²) >= 11 is 0. The van der Waals surface area contributed by atoms with Gasteiger partial charge < -0.3 is 9.84 Å². The van der Waals surface area contributed by atoms with Crippen LogP contribution in [-0.4, -0.2) is 41.0 Å². The number of carbonyl (C=O) groups excluding carboxylic acids is 1. The normalized spacial score (nSPS) is 40.9. The van der Waals surface area contributed by atoms with Crippen molar-refractivity contribution in [1.82, 2.24) is 0 Å². The van der Waals surface area contributed by atoms with Gasteiger partial charge in [0.05, 0.1) is 11.0 Å². The molecule has 3 atom stereocenters. The number of halogens is 2. The molecule has 0 radical (unpaired) electrons. The van der Waals surface area contributed by atoms with Gasteiger partial charge in [-0.25, -0.2) is 0 Å². The molecule has 132 valence electrons. The standard InChI is InChI=1S/C14H20F2O6S/c1-8(14(15,16)23(19,20)21)22-11(17)12-3-9-2-10(4-12)6-13(18,5-9)7-12/h8-10,18H,2-7H2,1H3,(H,19,20,21). The van der Waals surface area contributed by atoms with Gasteiger partial charge in [-0.15, -0.1) is 0 Å². The summed E-state index contributed by atoms with van der Waals surface area (Å²) in [5, 5.41) is 5.98. The largest absolute Gasteiger partial charge is 0.454 e. The number of esters is 1. The van der Waals surface area contributed by atoms with Crippen molar-refractivity contribution in [3.63, 3.8) is 0 Å². The van der Waals surface area contributed by atoms with Crippen LogP contribution in [0, 0.1) is 17.3 Å². The molecular formula is C14H20F2O6S. The van der Waals surface area contributed by atoms with Crippen molar-refractivity contribution < 1.29 is 36.4 Å². The first-order valence-corrected chi connectivity index (χ1v) is 9.09. The summed E-state index contributed by atoms with van der Waals surface area (Å²) in [6.07, 6.45) is 0.922. The number of alkyl halides is 2. The quantitative estimate of drug-likeness (QED) is 0.589. The summed E-state index contributed by atoms with van der Waals surface area (Å²) in [4.78, 5) is 12.5. The molecule has 0 saturated heterocycles. The average Bonchev–Trinajstić information content (AvgIpc) is 2.33. The third kappa shape index (κ3) is 2.66. The zero-order valence-electron chi connectivity index (χ0n) is 12.7. The first-order valence-electron chi connectivity index (χ1n) is 7.65. The Morgan fingerprint density at radius 2 is 1.78 bits per heavy atom. The van der Waals surface area contributed by atoms with Gasteiger partial charge in [-0.3, -0.25) is 9.35 Å². The topological polar surface area (TPSA) is 101 Å². The highest BCUT2D eigenvalue weighted by Gasteiger charge is 2.62. The molecule has 0 spiro atoms. The van der Waals surface area contributed by atoms with Gasteiger partial charge in [0.25, 0.3) is 0 Å². The van der Waals surface area contributed by atoms with Gasteiger partial charge in [-0.05, 0) is 57.3 Å². The number of carbonyl (C=O) groups is 1. The summed E-state index contributed by atoms with van der Waals surface area (Å²) in [6, 6.07) is 0. The molecule has 4 aliphatic rings. The lowest BCUT2D eigenvalue weighted by Gasteiger charge is -2.58. The van der Waals surface area contributed by atoms with E-state index in [-0.39, 0.29) is 18.3 Å². The second-order valence-electron chi connectivity index (χ2n) is 7.55. The third-order valence-electron chi connectivity index (χ3n) is 5.56. The molecule has 4 bridgehead atoms. The Hall–Kier alpha value is -0.800. The average molecular weight is 354 g/mol. The zero-order chi connectivity index (χ0) is 17.3. The molecule has 4 fully saturated rings. The van der Waals surface area contributed by atoms with E-state index in [1.165, 1.54) is 0 Å². The van der Waals surface area contributed by atoms with Crippen molar-refractivity contribution in [1.29, 1.82) is 0 Å². The number of hydrogen-bond donors (Lipinski definition) is 2. The SMILES string of the molecule is CC(OC(=O)C12CC3CC(CC(O)(C3)C1)C2)C(F)(F)S(=O)(=O)O. The molecule has 0 aromatic carbocycles. The molecule has 0 amide bonds. The predicted octanol–water partition coefficient (Wildman–Crippen LogP) is 1.73. The van der Waals surface area contributed by atoms with Crippen LogP contribution in [0.1, 0.15) is 45.4 Å². The van der Waals surface area contributed by atoms with Crippen LogP contribution in [0.15, 0.2) is 0 Å². The van der Waals surface area contributed by atoms with Crippen molar-refractivity contribution in [2.45, 2.75) is 62.4 Å². The van der Waals surface area contributed by atoms with Crippen LogP contribution in [0.4, 0.5) is 8.78 Å². The molecule has 2 N–H and O–H groups in total. The molecule has 4 rings (SSSR count). The van der Waals surface area contributed by atoms with Crippen LogP contribution in [0.5, 0.6) is 0 Å². The monoisotopic (exact) mass is 354 g/mol. The molecule has 0 aromatic rings. The van der Waals surface area contributed by atoms with Crippen molar-refractivity contribution in [2.24, 2.45) is 17.3 Å². The second kappa shape index (κ2) is 4.86. The lowest BCUT2D eigenvalue weighted by atomic mass is 9.48. The van der Waals surface area contributed by atoms with Crippen LogP contribution in [0.2, 0.25) is 0 Å². The Balaban J connectivity index is 1.79. The maximum absolute atomic E-state index is 13.6. The Labute approximate surface area is 132 Å². The smallest absolute Gasteiger partial charge is 0.405 e. The second-order valence-corrected chi connectivity index (χ2v) is 9.04. The van der Waals surface area contributed by atoms with Crippen molar-refractivity contribution in [3.05, 3.63) is 0 Å². The summed E-state index contributed by atoms with van der Waals surface area (Å²) in [5.74, 6) is -0.585. The van der Waals surface area contributed by atoms with E-state index < -0.39 is 38.5 Å². The van der Waals surface area contributed by atoms with E-state index in [0.29, 0.717) is 25.7 Å². The first-order chi connectivity index (χ1) is 10.4. The van der Waals surface area contributed by atoms with Gasteiger partial charge >= 0.3 is 21.3 Å². The van der Waals surface area contributed by atoms with E-state index >= 15 is 0 Å². The van der Waals surface area contributed by atoms with E-state index in [4.69, 9.17) is 9.29 Å². The highest BCUT2D eigenvalue weighted by Crippen LogP contribution is 2.62. The number of aliphatic hydroxyl groups is 1. The lowest BCUT2D eigenvalue weighted by Crippen LogP contribution is -2.59. The Kier molecular flexibility index (Phi) is 3.60. The Morgan fingerprint density at radius 3 is 2.22 bits per heavy atom. The van der Waals surface area contributed by atoms with E-state index in [0.717, 1.165) is 13.3 Å². The summed E-state index contributed by atoms with van der Waals surface area (Å²) in [5.41, 5.74) is -1.99. The van der Waals surface area contributed by atoms with E-state index in [1.54, 1.807) is 0 Å². The van der Waals surface area contributed by atoms with Crippen LogP contribution < -0.4 is 0 Å². The number of ether oxygens (including phenoxy) is 1. The molecule has 4 saturated carbocycles. The maximum Gasteiger partial charge on any atom is 0.405 e. The fourth-order valence-corrected chi connectivity index (χ4v) is 5.48. The number of rotatable bonds is 4. The third-order valence-corrected chi connectivity index (χ3v) is 6.58. The molecule has 4 aliphatic carbocycles. The first kappa shape index (κ1) is 17.0. The fraction of sp³-hybridized carbons (Fsp3) is 0.929. The lowest BCUT2D eigenvalue weighted by molar-refractivity contribution is -0.205. The molecule has 0 aliphatic heterocycles. The molecule has 0 heterocycles. The van der Waals surface area contributed by atoms with Gasteiger partial charge in [-0.2, -0.15) is 17.2 Å².